The van der Waals surface area contributed by atoms with Gasteiger partial charge >= 0.3 is 11.8 Å². The zero-order chi connectivity index (χ0) is 11.1. The van der Waals surface area contributed by atoms with E-state index in [2.05, 4.69) is 24.4 Å². The van der Waals surface area contributed by atoms with Gasteiger partial charge in [0.1, 0.15) is 0 Å². The fraction of sp³-hybridized carbons (Fsp3) is 0.667. The van der Waals surface area contributed by atoms with Gasteiger partial charge in [-0.2, -0.15) is 5.10 Å². The molecule has 0 bridgehead atoms. The number of carbonyl (C=O) groups excluding carboxylic acids is 2. The molecule has 0 unspecified atom stereocenters. The van der Waals surface area contributed by atoms with E-state index < -0.39 is 11.8 Å². The molecule has 0 aliphatic carbocycles. The van der Waals surface area contributed by atoms with E-state index >= 15 is 0 Å². The summed E-state index contributed by atoms with van der Waals surface area (Å²) in [6.07, 6.45) is 2.57. The molecule has 0 aromatic heterocycles. The molecule has 1 atom stereocenters. The monoisotopic (exact) mass is 199 g/mol. The molecule has 5 nitrogen and oxygen atoms in total. The molecule has 0 heterocycles. The highest BCUT2D eigenvalue weighted by Gasteiger charge is 2.09. The Labute approximate surface area is 83.7 Å². The third-order valence-corrected chi connectivity index (χ3v) is 1.98. The lowest BCUT2D eigenvalue weighted by Crippen LogP contribution is -2.33. The second kappa shape index (κ2) is 6.12. The van der Waals surface area contributed by atoms with Crippen LogP contribution in [-0.4, -0.2) is 18.0 Å². The van der Waals surface area contributed by atoms with Crippen LogP contribution in [-0.2, 0) is 9.59 Å². The van der Waals surface area contributed by atoms with E-state index in [9.17, 15) is 9.59 Å². The maximum Gasteiger partial charge on any atom is 0.329 e. The van der Waals surface area contributed by atoms with Crippen LogP contribution in [0.1, 0.15) is 27.2 Å². The van der Waals surface area contributed by atoms with Gasteiger partial charge in [0.2, 0.25) is 0 Å². The Morgan fingerprint density at radius 2 is 2.07 bits per heavy atom. The topological polar surface area (TPSA) is 84.6 Å². The Morgan fingerprint density at radius 3 is 2.43 bits per heavy atom. The number of rotatable bonds is 4. The summed E-state index contributed by atoms with van der Waals surface area (Å²) in [6, 6.07) is 0. The van der Waals surface area contributed by atoms with E-state index in [1.54, 1.807) is 6.21 Å². The molecule has 14 heavy (non-hydrogen) atoms. The lowest BCUT2D eigenvalue weighted by atomic mass is 9.95. The number of nitrogens with one attached hydrogen (secondary N) is 1. The number of carbonyl (C=O) groups is 2. The van der Waals surface area contributed by atoms with Gasteiger partial charge in [0.15, 0.2) is 0 Å². The maximum atomic E-state index is 10.7. The second-order valence-corrected chi connectivity index (χ2v) is 3.40. The summed E-state index contributed by atoms with van der Waals surface area (Å²) < 4.78 is 0. The molecule has 0 radical (unpaired) electrons. The Morgan fingerprint density at radius 1 is 1.50 bits per heavy atom. The first kappa shape index (κ1) is 12.6. The normalized spacial score (nSPS) is 13.1. The number of nitrogens with two attached hydrogens (primary N) is 1. The highest BCUT2D eigenvalue weighted by Crippen LogP contribution is 2.11. The van der Waals surface area contributed by atoms with Crippen molar-refractivity contribution in [2.45, 2.75) is 27.2 Å². The van der Waals surface area contributed by atoms with Gasteiger partial charge in [-0.25, -0.2) is 5.43 Å². The lowest BCUT2D eigenvalue weighted by molar-refractivity contribution is -0.137. The predicted octanol–water partition coefficient (Wildman–Crippen LogP) is 0.256. The SMILES string of the molecule is CC[C@H](/C=N/NC(=O)C(N)=O)C(C)C. The number of amides is 2. The van der Waals surface area contributed by atoms with E-state index in [1.165, 1.54) is 0 Å². The first-order valence-corrected chi connectivity index (χ1v) is 4.62. The smallest absolute Gasteiger partial charge is 0.329 e. The molecule has 80 valence electrons. The molecular formula is C9H17N3O2. The van der Waals surface area contributed by atoms with E-state index in [-0.39, 0.29) is 0 Å². The fourth-order valence-corrected chi connectivity index (χ4v) is 0.996. The van der Waals surface area contributed by atoms with Crippen LogP contribution in [0.25, 0.3) is 0 Å². The van der Waals surface area contributed by atoms with Gasteiger partial charge in [0.25, 0.3) is 0 Å². The molecule has 5 heteroatoms. The Balaban J connectivity index is 4.04. The molecule has 0 saturated carbocycles. The van der Waals surface area contributed by atoms with Gasteiger partial charge in [-0.15, -0.1) is 0 Å². The molecule has 0 fully saturated rings. The molecule has 0 rings (SSSR count). The van der Waals surface area contributed by atoms with Crippen molar-refractivity contribution in [3.05, 3.63) is 0 Å². The third kappa shape index (κ3) is 4.59. The number of hydrogen-bond donors (Lipinski definition) is 2. The van der Waals surface area contributed by atoms with E-state index in [0.29, 0.717) is 11.8 Å². The highest BCUT2D eigenvalue weighted by molar-refractivity contribution is 6.34. The van der Waals surface area contributed by atoms with Gasteiger partial charge in [-0.1, -0.05) is 20.8 Å². The van der Waals surface area contributed by atoms with Gasteiger partial charge in [-0.3, -0.25) is 9.59 Å². The minimum absolute atomic E-state index is 0.295. The summed E-state index contributed by atoms with van der Waals surface area (Å²) in [4.78, 5) is 21.0. The molecule has 0 aliphatic heterocycles. The van der Waals surface area contributed by atoms with Gasteiger partial charge in [-0.05, 0) is 18.3 Å². The number of hydrazone groups is 1. The van der Waals surface area contributed by atoms with E-state index in [1.807, 2.05) is 6.92 Å². The zero-order valence-corrected chi connectivity index (χ0v) is 8.78. The second-order valence-electron chi connectivity index (χ2n) is 3.40. The van der Waals surface area contributed by atoms with Crippen molar-refractivity contribution in [3.63, 3.8) is 0 Å². The first-order chi connectivity index (χ1) is 6.49. The van der Waals surface area contributed by atoms with Crippen molar-refractivity contribution in [2.24, 2.45) is 22.7 Å². The number of hydrogen-bond acceptors (Lipinski definition) is 3. The van der Waals surface area contributed by atoms with Crippen LogP contribution in [0.2, 0.25) is 0 Å². The van der Waals surface area contributed by atoms with Crippen LogP contribution in [0.4, 0.5) is 0 Å². The average molecular weight is 199 g/mol. The van der Waals surface area contributed by atoms with Gasteiger partial charge in [0.05, 0.1) is 0 Å². The Kier molecular flexibility index (Phi) is 5.52. The number of nitrogens with zero attached hydrogens (tertiary/aromatic N) is 1. The lowest BCUT2D eigenvalue weighted by Gasteiger charge is -2.12. The van der Waals surface area contributed by atoms with Crippen LogP contribution in [0.3, 0.4) is 0 Å². The fourth-order valence-electron chi connectivity index (χ4n) is 0.996. The zero-order valence-electron chi connectivity index (χ0n) is 8.78. The maximum absolute atomic E-state index is 10.7. The van der Waals surface area contributed by atoms with Crippen LogP contribution >= 0.6 is 0 Å². The minimum atomic E-state index is -1.03. The van der Waals surface area contributed by atoms with Crippen LogP contribution < -0.4 is 11.2 Å². The van der Waals surface area contributed by atoms with E-state index in [4.69, 9.17) is 5.73 Å². The van der Waals surface area contributed by atoms with Crippen molar-refractivity contribution < 1.29 is 9.59 Å². The first-order valence-electron chi connectivity index (χ1n) is 4.62. The molecular weight excluding hydrogens is 182 g/mol. The summed E-state index contributed by atoms with van der Waals surface area (Å²) >= 11 is 0. The summed E-state index contributed by atoms with van der Waals surface area (Å²) in [5.74, 6) is -1.17. The third-order valence-electron chi connectivity index (χ3n) is 1.98. The number of primary amides is 1. The van der Waals surface area contributed by atoms with Crippen molar-refractivity contribution >= 4 is 18.0 Å². The quantitative estimate of drug-likeness (QED) is 0.386. The van der Waals surface area contributed by atoms with Crippen molar-refractivity contribution in [2.75, 3.05) is 0 Å². The van der Waals surface area contributed by atoms with Crippen LogP contribution in [0.5, 0.6) is 0 Å². The van der Waals surface area contributed by atoms with Crippen molar-refractivity contribution in [3.8, 4) is 0 Å². The van der Waals surface area contributed by atoms with Crippen LogP contribution in [0, 0.1) is 11.8 Å². The molecule has 0 aromatic rings. The molecule has 3 N–H and O–H groups in total. The summed E-state index contributed by atoms with van der Waals surface area (Å²) in [6.45, 7) is 6.17. The molecule has 0 aliphatic rings. The van der Waals surface area contributed by atoms with Crippen molar-refractivity contribution in [1.82, 2.24) is 5.43 Å². The summed E-state index contributed by atoms with van der Waals surface area (Å²) in [7, 11) is 0. The summed E-state index contributed by atoms with van der Waals surface area (Å²) in [5.41, 5.74) is 6.78. The minimum Gasteiger partial charge on any atom is -0.361 e. The van der Waals surface area contributed by atoms with Gasteiger partial charge in [0, 0.05) is 6.21 Å². The Hall–Kier alpha value is -1.39. The van der Waals surface area contributed by atoms with E-state index in [0.717, 1.165) is 6.42 Å². The van der Waals surface area contributed by atoms with Gasteiger partial charge < -0.3 is 5.73 Å². The molecule has 0 saturated heterocycles. The predicted molar refractivity (Wildman–Crippen MR) is 54.4 cm³/mol. The van der Waals surface area contributed by atoms with Crippen LogP contribution in [0.15, 0.2) is 5.10 Å². The van der Waals surface area contributed by atoms with Crippen molar-refractivity contribution in [1.29, 1.82) is 0 Å². The average Bonchev–Trinajstić information content (AvgIpc) is 2.11. The molecule has 0 spiro atoms. The molecule has 2 amide bonds. The summed E-state index contributed by atoms with van der Waals surface area (Å²) in [5, 5.41) is 3.66. The Bertz CT molecular complexity index is 236. The molecule has 0 aromatic carbocycles. The largest absolute Gasteiger partial charge is 0.361 e. The highest BCUT2D eigenvalue weighted by atomic mass is 16.2. The standard InChI is InChI=1S/C9H17N3O2/c1-4-7(6(2)3)5-11-12-9(14)8(10)13/h5-7H,4H2,1-3H3,(H2,10,13)(H,12,14)/b11-5+/t7-/m1/s1.